The highest BCUT2D eigenvalue weighted by atomic mass is 16.5. The van der Waals surface area contributed by atoms with Gasteiger partial charge in [-0.15, -0.1) is 0 Å². The van der Waals surface area contributed by atoms with Crippen LogP contribution in [0.2, 0.25) is 0 Å². The van der Waals surface area contributed by atoms with Crippen LogP contribution in [0.4, 0.5) is 16.2 Å². The summed E-state index contributed by atoms with van der Waals surface area (Å²) >= 11 is 0. The van der Waals surface area contributed by atoms with Crippen LogP contribution < -0.4 is 24.8 Å². The summed E-state index contributed by atoms with van der Waals surface area (Å²) in [5.74, 6) is 0.102. The van der Waals surface area contributed by atoms with Crippen LogP contribution in [0.15, 0.2) is 60.7 Å². The molecule has 4 rings (SSSR count). The van der Waals surface area contributed by atoms with Gasteiger partial charge >= 0.3 is 12.0 Å². The Labute approximate surface area is 262 Å². The summed E-state index contributed by atoms with van der Waals surface area (Å²) in [4.78, 5) is 37.2. The first-order valence-electron chi connectivity index (χ1n) is 14.7. The number of aromatic carboxylic acids is 1. The Morgan fingerprint density at radius 3 is 2.33 bits per heavy atom. The molecule has 0 aromatic heterocycles. The molecule has 3 aromatic carbocycles. The number of carbonyl (C=O) groups excluding carboxylic acids is 2. The number of amides is 2. The number of ketones is 1. The van der Waals surface area contributed by atoms with Gasteiger partial charge in [-0.1, -0.05) is 24.3 Å². The number of hydrogen-bond donors (Lipinski definition) is 3. The Morgan fingerprint density at radius 1 is 0.933 bits per heavy atom. The van der Waals surface area contributed by atoms with Crippen molar-refractivity contribution in [2.24, 2.45) is 0 Å². The molecule has 45 heavy (non-hydrogen) atoms. The van der Waals surface area contributed by atoms with E-state index in [0.29, 0.717) is 61.5 Å². The number of carboxylic acids is 1. The predicted octanol–water partition coefficient (Wildman–Crippen LogP) is 4.83. The fourth-order valence-electron chi connectivity index (χ4n) is 5.00. The lowest BCUT2D eigenvalue weighted by Gasteiger charge is -2.40. The van der Waals surface area contributed by atoms with E-state index in [1.165, 1.54) is 26.4 Å². The van der Waals surface area contributed by atoms with Gasteiger partial charge in [-0.3, -0.25) is 4.79 Å². The Hall–Kier alpha value is -4.65. The highest BCUT2D eigenvalue weighted by Gasteiger charge is 2.26. The monoisotopic (exact) mass is 620 g/mol. The topological polar surface area (TPSA) is 139 Å². The van der Waals surface area contributed by atoms with E-state index in [1.807, 2.05) is 43.1 Å². The molecule has 1 atom stereocenters. The number of morpholine rings is 1. The number of ether oxygens (including phenoxy) is 4. The number of hydrazine groups is 1. The minimum Gasteiger partial charge on any atom is -0.495 e. The van der Waals surface area contributed by atoms with Crippen LogP contribution in [0.1, 0.15) is 34.8 Å². The first kappa shape index (κ1) is 33.2. The molecule has 3 N–H and O–H groups in total. The van der Waals surface area contributed by atoms with E-state index >= 15 is 0 Å². The summed E-state index contributed by atoms with van der Waals surface area (Å²) in [6.07, 6.45) is -0.0546. The fourth-order valence-corrected chi connectivity index (χ4v) is 5.00. The van der Waals surface area contributed by atoms with Crippen molar-refractivity contribution >= 4 is 29.2 Å². The number of aryl methyl sites for hydroxylation is 1. The van der Waals surface area contributed by atoms with Gasteiger partial charge in [0.15, 0.2) is 17.7 Å². The van der Waals surface area contributed by atoms with E-state index in [9.17, 15) is 19.5 Å². The normalized spacial score (nSPS) is 14.0. The third kappa shape index (κ3) is 9.17. The second-order valence-electron chi connectivity index (χ2n) is 10.5. The van der Waals surface area contributed by atoms with Gasteiger partial charge in [0.1, 0.15) is 11.5 Å². The van der Waals surface area contributed by atoms with Gasteiger partial charge in [-0.2, -0.15) is 0 Å². The second kappa shape index (κ2) is 15.9. The summed E-state index contributed by atoms with van der Waals surface area (Å²) < 4.78 is 22.6. The fraction of sp³-hybridized carbons (Fsp3) is 0.364. The molecular formula is C33H40N4O8. The van der Waals surface area contributed by atoms with Crippen LogP contribution >= 0.6 is 0 Å². The van der Waals surface area contributed by atoms with E-state index < -0.39 is 18.2 Å². The molecule has 3 aromatic rings. The molecule has 2 amide bonds. The van der Waals surface area contributed by atoms with E-state index in [-0.39, 0.29) is 24.2 Å². The van der Waals surface area contributed by atoms with Gasteiger partial charge in [0.25, 0.3) is 0 Å². The largest absolute Gasteiger partial charge is 0.495 e. The molecular weight excluding hydrogens is 580 g/mol. The van der Waals surface area contributed by atoms with Crippen molar-refractivity contribution in [3.63, 3.8) is 0 Å². The Balaban J connectivity index is 1.39. The molecule has 1 fully saturated rings. The number of nitrogens with zero attached hydrogens (tertiary/aromatic N) is 2. The van der Waals surface area contributed by atoms with Gasteiger partial charge in [0.05, 0.1) is 38.7 Å². The quantitative estimate of drug-likeness (QED) is 0.215. The summed E-state index contributed by atoms with van der Waals surface area (Å²) in [5.41, 5.74) is 2.98. The molecule has 1 saturated heterocycles. The van der Waals surface area contributed by atoms with Gasteiger partial charge in [0.2, 0.25) is 0 Å². The van der Waals surface area contributed by atoms with Crippen molar-refractivity contribution in [3.05, 3.63) is 77.4 Å². The molecule has 1 heterocycles. The molecule has 0 saturated carbocycles. The SMILES string of the molecule is COc1cc(CC(=O)CCN(C(C)Oc2ccc(C(=O)O)cc2OC)N2CCOCC2)ccc1NC(=O)Nc1ccccc1C. The highest BCUT2D eigenvalue weighted by Crippen LogP contribution is 2.30. The zero-order valence-electron chi connectivity index (χ0n) is 26.0. The van der Waals surface area contributed by atoms with E-state index in [1.54, 1.807) is 24.3 Å². The van der Waals surface area contributed by atoms with Crippen LogP contribution in [0.25, 0.3) is 0 Å². The Kier molecular flexibility index (Phi) is 11.7. The highest BCUT2D eigenvalue weighted by molar-refractivity contribution is 6.01. The molecule has 12 nitrogen and oxygen atoms in total. The smallest absolute Gasteiger partial charge is 0.335 e. The van der Waals surface area contributed by atoms with Crippen LogP contribution in [0.3, 0.4) is 0 Å². The third-order valence-electron chi connectivity index (χ3n) is 7.41. The maximum absolute atomic E-state index is 13.2. The number of rotatable bonds is 14. The van der Waals surface area contributed by atoms with E-state index in [0.717, 1.165) is 11.1 Å². The zero-order valence-corrected chi connectivity index (χ0v) is 26.0. The molecule has 1 unspecified atom stereocenters. The summed E-state index contributed by atoms with van der Waals surface area (Å²) in [7, 11) is 2.96. The number of urea groups is 1. The molecule has 0 aliphatic carbocycles. The van der Waals surface area contributed by atoms with Crippen LogP contribution in [0, 0.1) is 6.92 Å². The molecule has 1 aliphatic rings. The van der Waals surface area contributed by atoms with Gasteiger partial charge < -0.3 is 34.7 Å². The maximum Gasteiger partial charge on any atom is 0.335 e. The molecule has 0 radical (unpaired) electrons. The number of para-hydroxylation sites is 1. The van der Waals surface area contributed by atoms with Gasteiger partial charge in [0, 0.05) is 38.2 Å². The van der Waals surface area contributed by atoms with Gasteiger partial charge in [-0.05, 0) is 61.4 Å². The average molecular weight is 621 g/mol. The summed E-state index contributed by atoms with van der Waals surface area (Å²) in [5, 5.41) is 19.1. The number of Topliss-reactive ketones (excluding diaryl/α,β-unsaturated/α-hetero) is 1. The standard InChI is InChI=1S/C33H40N4O8/c1-22-7-5-6-8-27(22)34-33(41)35-28-11-9-24(20-30(28)42-3)19-26(38)13-14-37(36-15-17-44-18-16-36)23(2)45-29-12-10-25(32(39)40)21-31(29)43-4/h5-12,20-21,23H,13-19H2,1-4H3,(H,39,40)(H2,34,35,41). The molecule has 1 aliphatic heterocycles. The number of nitrogens with one attached hydrogen (secondary N) is 2. The van der Waals surface area contributed by atoms with Gasteiger partial charge in [-0.25, -0.2) is 19.6 Å². The number of benzene rings is 3. The van der Waals surface area contributed by atoms with Crippen molar-refractivity contribution in [2.45, 2.75) is 32.9 Å². The molecule has 0 bridgehead atoms. The minimum atomic E-state index is -1.06. The summed E-state index contributed by atoms with van der Waals surface area (Å²) in [6.45, 7) is 6.56. The van der Waals surface area contributed by atoms with E-state index in [2.05, 4.69) is 15.6 Å². The zero-order chi connectivity index (χ0) is 32.3. The van der Waals surface area contributed by atoms with E-state index in [4.69, 9.17) is 18.9 Å². The molecule has 12 heteroatoms. The van der Waals surface area contributed by atoms with Crippen LogP contribution in [-0.2, 0) is 16.0 Å². The first-order chi connectivity index (χ1) is 21.7. The lowest BCUT2D eigenvalue weighted by molar-refractivity contribution is -0.155. The maximum atomic E-state index is 13.2. The number of anilines is 2. The number of carbonyl (C=O) groups is 3. The first-order valence-corrected chi connectivity index (χ1v) is 14.7. The number of hydrogen-bond acceptors (Lipinski definition) is 9. The Morgan fingerprint density at radius 2 is 1.64 bits per heavy atom. The average Bonchev–Trinajstić information content (AvgIpc) is 3.03. The van der Waals surface area contributed by atoms with Crippen molar-refractivity contribution < 1.29 is 38.4 Å². The minimum absolute atomic E-state index is 0.0175. The van der Waals surface area contributed by atoms with Crippen LogP contribution in [-0.4, -0.2) is 86.2 Å². The van der Waals surface area contributed by atoms with Crippen molar-refractivity contribution in [1.82, 2.24) is 10.0 Å². The third-order valence-corrected chi connectivity index (χ3v) is 7.41. The number of carboxylic acid groups (broad SMARTS) is 1. The van der Waals surface area contributed by atoms with Crippen molar-refractivity contribution in [2.75, 3.05) is 57.7 Å². The lowest BCUT2D eigenvalue weighted by atomic mass is 10.1. The molecule has 240 valence electrons. The predicted molar refractivity (Wildman–Crippen MR) is 169 cm³/mol. The van der Waals surface area contributed by atoms with Crippen molar-refractivity contribution in [1.29, 1.82) is 0 Å². The lowest BCUT2D eigenvalue weighted by Crippen LogP contribution is -2.54. The van der Waals surface area contributed by atoms with Crippen LogP contribution in [0.5, 0.6) is 17.2 Å². The second-order valence-corrected chi connectivity index (χ2v) is 10.5. The molecule has 0 spiro atoms. The summed E-state index contributed by atoms with van der Waals surface area (Å²) in [6, 6.07) is 16.8. The number of methoxy groups -OCH3 is 2. The Bertz CT molecular complexity index is 1490. The van der Waals surface area contributed by atoms with Crippen molar-refractivity contribution in [3.8, 4) is 17.2 Å².